The number of halogens is 1. The largest absolute Gasteiger partial charge is 0.465 e. The zero-order valence-electron chi connectivity index (χ0n) is 12.7. The number of nitriles is 2. The predicted octanol–water partition coefficient (Wildman–Crippen LogP) is 3.62. The Morgan fingerprint density at radius 2 is 1.88 bits per heavy atom. The van der Waals surface area contributed by atoms with Crippen molar-refractivity contribution in [3.63, 3.8) is 0 Å². The average molecular weight is 321 g/mol. The molecule has 1 N–H and O–H groups in total. The van der Waals surface area contributed by atoms with Gasteiger partial charge in [0.25, 0.3) is 0 Å². The van der Waals surface area contributed by atoms with Crippen LogP contribution in [0.3, 0.4) is 0 Å². The van der Waals surface area contributed by atoms with Crippen LogP contribution in [0.4, 0.5) is 10.1 Å². The van der Waals surface area contributed by atoms with Crippen LogP contribution in [0.1, 0.15) is 10.4 Å². The van der Waals surface area contributed by atoms with E-state index in [-0.39, 0.29) is 11.1 Å². The SMILES string of the molecule is COC(=O)c1ccc(-c2cccc(NC=C(C#N)C#N)c2)cc1F. The number of methoxy groups -OCH3 is 1. The first-order chi connectivity index (χ1) is 11.6. The maximum Gasteiger partial charge on any atom is 0.340 e. The van der Waals surface area contributed by atoms with Crippen LogP contribution in [0.2, 0.25) is 0 Å². The van der Waals surface area contributed by atoms with Crippen molar-refractivity contribution in [2.45, 2.75) is 0 Å². The molecule has 2 aromatic carbocycles. The molecule has 6 heteroatoms. The van der Waals surface area contributed by atoms with Crippen LogP contribution in [0, 0.1) is 28.5 Å². The third-order valence-electron chi connectivity index (χ3n) is 3.19. The Labute approximate surface area is 138 Å². The highest BCUT2D eigenvalue weighted by Crippen LogP contribution is 2.25. The van der Waals surface area contributed by atoms with Crippen molar-refractivity contribution >= 4 is 11.7 Å². The van der Waals surface area contributed by atoms with E-state index in [1.54, 1.807) is 42.5 Å². The van der Waals surface area contributed by atoms with Gasteiger partial charge in [0.05, 0.1) is 12.7 Å². The van der Waals surface area contributed by atoms with Gasteiger partial charge in [-0.15, -0.1) is 0 Å². The van der Waals surface area contributed by atoms with Crippen LogP contribution in [0.5, 0.6) is 0 Å². The van der Waals surface area contributed by atoms with E-state index in [1.807, 2.05) is 0 Å². The number of nitrogens with one attached hydrogen (secondary N) is 1. The van der Waals surface area contributed by atoms with Crippen LogP contribution < -0.4 is 5.32 Å². The number of ether oxygens (including phenoxy) is 1. The third-order valence-corrected chi connectivity index (χ3v) is 3.19. The van der Waals surface area contributed by atoms with E-state index in [9.17, 15) is 9.18 Å². The van der Waals surface area contributed by atoms with Crippen molar-refractivity contribution < 1.29 is 13.9 Å². The molecule has 0 bridgehead atoms. The second kappa shape index (κ2) is 7.57. The normalized spacial score (nSPS) is 9.33. The molecule has 0 amide bonds. The lowest BCUT2D eigenvalue weighted by Gasteiger charge is -2.07. The van der Waals surface area contributed by atoms with E-state index in [0.29, 0.717) is 16.8 Å². The summed E-state index contributed by atoms with van der Waals surface area (Å²) in [5, 5.41) is 20.2. The van der Waals surface area contributed by atoms with Gasteiger partial charge in [0.2, 0.25) is 0 Å². The van der Waals surface area contributed by atoms with Crippen LogP contribution in [-0.4, -0.2) is 13.1 Å². The van der Waals surface area contributed by atoms with Gasteiger partial charge in [-0.25, -0.2) is 9.18 Å². The van der Waals surface area contributed by atoms with Gasteiger partial charge in [-0.3, -0.25) is 0 Å². The molecule has 24 heavy (non-hydrogen) atoms. The first kappa shape index (κ1) is 16.7. The highest BCUT2D eigenvalue weighted by Gasteiger charge is 2.13. The zero-order valence-corrected chi connectivity index (χ0v) is 12.7. The molecule has 0 saturated heterocycles. The number of esters is 1. The van der Waals surface area contributed by atoms with Crippen LogP contribution in [0.15, 0.2) is 54.2 Å². The number of rotatable bonds is 4. The quantitative estimate of drug-likeness (QED) is 0.686. The van der Waals surface area contributed by atoms with Gasteiger partial charge >= 0.3 is 5.97 Å². The minimum Gasteiger partial charge on any atom is -0.465 e. The molecule has 2 rings (SSSR count). The molecule has 0 radical (unpaired) electrons. The van der Waals surface area contributed by atoms with Crippen molar-refractivity contribution in [2.75, 3.05) is 12.4 Å². The van der Waals surface area contributed by atoms with E-state index in [0.717, 1.165) is 0 Å². The Morgan fingerprint density at radius 3 is 2.50 bits per heavy atom. The lowest BCUT2D eigenvalue weighted by Crippen LogP contribution is -2.04. The van der Waals surface area contributed by atoms with Gasteiger partial charge in [-0.1, -0.05) is 18.2 Å². The first-order valence-corrected chi connectivity index (χ1v) is 6.84. The van der Waals surface area contributed by atoms with Crippen molar-refractivity contribution in [1.82, 2.24) is 0 Å². The molecule has 0 aliphatic rings. The minimum absolute atomic E-state index is 0.0612. The number of benzene rings is 2. The molecule has 0 saturated carbocycles. The van der Waals surface area contributed by atoms with E-state index < -0.39 is 11.8 Å². The maximum absolute atomic E-state index is 14.0. The topological polar surface area (TPSA) is 85.9 Å². The van der Waals surface area contributed by atoms with E-state index in [2.05, 4.69) is 10.1 Å². The summed E-state index contributed by atoms with van der Waals surface area (Å²) in [4.78, 5) is 11.4. The number of hydrogen-bond donors (Lipinski definition) is 1. The third kappa shape index (κ3) is 3.76. The van der Waals surface area contributed by atoms with Gasteiger partial charge in [0.15, 0.2) is 0 Å². The molecular formula is C18H12FN3O2. The first-order valence-electron chi connectivity index (χ1n) is 6.84. The molecule has 2 aromatic rings. The highest BCUT2D eigenvalue weighted by atomic mass is 19.1. The standard InChI is InChI=1S/C18H12FN3O2/c1-24-18(23)16-6-5-14(8-17(16)19)13-3-2-4-15(7-13)22-11-12(9-20)10-21/h2-8,11,22H,1H3. The second-order valence-electron chi connectivity index (χ2n) is 4.69. The van der Waals surface area contributed by atoms with Crippen molar-refractivity contribution in [1.29, 1.82) is 10.5 Å². The number of anilines is 1. The Balaban J connectivity index is 2.31. The van der Waals surface area contributed by atoms with Crippen LogP contribution in [0.25, 0.3) is 11.1 Å². The molecule has 0 heterocycles. The zero-order chi connectivity index (χ0) is 17.5. The number of carbonyl (C=O) groups excluding carboxylic acids is 1. The predicted molar refractivity (Wildman–Crippen MR) is 86.1 cm³/mol. The summed E-state index contributed by atoms with van der Waals surface area (Å²) in [6.45, 7) is 0. The Bertz CT molecular complexity index is 876. The highest BCUT2D eigenvalue weighted by molar-refractivity contribution is 5.90. The van der Waals surface area contributed by atoms with Crippen LogP contribution in [-0.2, 0) is 4.74 Å². The van der Waals surface area contributed by atoms with Crippen molar-refractivity contribution in [3.8, 4) is 23.3 Å². The van der Waals surface area contributed by atoms with E-state index in [1.165, 1.54) is 25.4 Å². The van der Waals surface area contributed by atoms with Crippen molar-refractivity contribution in [3.05, 3.63) is 65.6 Å². The van der Waals surface area contributed by atoms with Crippen molar-refractivity contribution in [2.24, 2.45) is 0 Å². The molecule has 0 aliphatic heterocycles. The average Bonchev–Trinajstić information content (AvgIpc) is 2.62. The molecule has 0 atom stereocenters. The van der Waals surface area contributed by atoms with Gasteiger partial charge in [-0.05, 0) is 35.4 Å². The monoisotopic (exact) mass is 321 g/mol. The van der Waals surface area contributed by atoms with Gasteiger partial charge in [0, 0.05) is 11.9 Å². The molecule has 118 valence electrons. The molecular weight excluding hydrogens is 309 g/mol. The smallest absolute Gasteiger partial charge is 0.340 e. The summed E-state index contributed by atoms with van der Waals surface area (Å²) in [7, 11) is 1.19. The Kier molecular flexibility index (Phi) is 5.28. The lowest BCUT2D eigenvalue weighted by molar-refractivity contribution is 0.0595. The van der Waals surface area contributed by atoms with E-state index >= 15 is 0 Å². The molecule has 5 nitrogen and oxygen atoms in total. The lowest BCUT2D eigenvalue weighted by atomic mass is 10.0. The Morgan fingerprint density at radius 1 is 1.17 bits per heavy atom. The maximum atomic E-state index is 14.0. The summed E-state index contributed by atoms with van der Waals surface area (Å²) >= 11 is 0. The molecule has 0 aromatic heterocycles. The number of nitrogens with zero attached hydrogens (tertiary/aromatic N) is 2. The summed E-state index contributed by atoms with van der Waals surface area (Å²) in [6, 6.07) is 14.7. The van der Waals surface area contributed by atoms with Gasteiger partial charge < -0.3 is 10.1 Å². The fraction of sp³-hybridized carbons (Fsp3) is 0.0556. The summed E-state index contributed by atoms with van der Waals surface area (Å²) < 4.78 is 18.5. The summed E-state index contributed by atoms with van der Waals surface area (Å²) in [5.74, 6) is -1.41. The molecule has 0 fully saturated rings. The number of allylic oxidation sites excluding steroid dienone is 1. The van der Waals surface area contributed by atoms with Crippen LogP contribution >= 0.6 is 0 Å². The summed E-state index contributed by atoms with van der Waals surface area (Å²) in [6.07, 6.45) is 1.29. The summed E-state index contributed by atoms with van der Waals surface area (Å²) in [5.41, 5.74) is 1.72. The van der Waals surface area contributed by atoms with E-state index in [4.69, 9.17) is 10.5 Å². The minimum atomic E-state index is -0.736. The Hall–Kier alpha value is -3.64. The molecule has 0 unspecified atom stereocenters. The second-order valence-corrected chi connectivity index (χ2v) is 4.69. The molecule has 0 spiro atoms. The van der Waals surface area contributed by atoms with Gasteiger partial charge in [-0.2, -0.15) is 10.5 Å². The molecule has 0 aliphatic carbocycles. The number of carbonyl (C=O) groups is 1. The fourth-order valence-corrected chi connectivity index (χ4v) is 2.00. The number of hydrogen-bond acceptors (Lipinski definition) is 5. The fourth-order valence-electron chi connectivity index (χ4n) is 2.00. The van der Waals surface area contributed by atoms with Gasteiger partial charge in [0.1, 0.15) is 23.5 Å².